The lowest BCUT2D eigenvalue weighted by molar-refractivity contribution is -0.0177. The predicted octanol–water partition coefficient (Wildman–Crippen LogP) is 1.46. The van der Waals surface area contributed by atoms with Crippen LogP contribution in [0.1, 0.15) is 22.7 Å². The van der Waals surface area contributed by atoms with Gasteiger partial charge in [0.05, 0.1) is 22.6 Å². The average Bonchev–Trinajstić information content (AvgIpc) is 2.43. The van der Waals surface area contributed by atoms with Crippen molar-refractivity contribution in [1.29, 1.82) is 0 Å². The molecule has 0 bridgehead atoms. The minimum Gasteiger partial charge on any atom is -0.373 e. The average molecular weight is 198 g/mol. The minimum atomic E-state index is 0.369. The summed E-state index contributed by atoms with van der Waals surface area (Å²) >= 11 is 1.70. The smallest absolute Gasteiger partial charge is 0.0897 e. The highest BCUT2D eigenvalue weighted by atomic mass is 32.1. The van der Waals surface area contributed by atoms with E-state index in [-0.39, 0.29) is 0 Å². The predicted molar refractivity (Wildman–Crippen MR) is 52.6 cm³/mol. The maximum atomic E-state index is 5.65. The molecule has 0 saturated heterocycles. The van der Waals surface area contributed by atoms with E-state index in [4.69, 9.17) is 10.5 Å². The molecule has 1 heterocycles. The van der Waals surface area contributed by atoms with Gasteiger partial charge in [-0.2, -0.15) is 0 Å². The number of aryl methyl sites for hydroxylation is 1. The summed E-state index contributed by atoms with van der Waals surface area (Å²) in [7, 11) is 0. The molecule has 0 atom stereocenters. The molecule has 1 saturated carbocycles. The first kappa shape index (κ1) is 9.12. The van der Waals surface area contributed by atoms with E-state index in [1.54, 1.807) is 11.3 Å². The third-order valence-corrected chi connectivity index (χ3v) is 3.15. The zero-order chi connectivity index (χ0) is 9.26. The molecule has 0 aromatic carbocycles. The van der Waals surface area contributed by atoms with Gasteiger partial charge in [0.25, 0.3) is 0 Å². The van der Waals surface area contributed by atoms with E-state index in [2.05, 4.69) is 4.98 Å². The molecular formula is C9H14N2OS. The Hall–Kier alpha value is -0.450. The maximum absolute atomic E-state index is 5.65. The van der Waals surface area contributed by atoms with Gasteiger partial charge >= 0.3 is 0 Å². The molecule has 1 aliphatic carbocycles. The quantitative estimate of drug-likeness (QED) is 0.800. The second kappa shape index (κ2) is 3.74. The highest BCUT2D eigenvalue weighted by Crippen LogP contribution is 2.23. The highest BCUT2D eigenvalue weighted by molar-refractivity contribution is 7.11. The normalized spacial score (nSPS) is 27.2. The summed E-state index contributed by atoms with van der Waals surface area (Å²) in [5.41, 5.74) is 5.65. The molecular weight excluding hydrogens is 184 g/mol. The number of nitrogens with zero attached hydrogens (tertiary/aromatic N) is 1. The van der Waals surface area contributed by atoms with Crippen molar-refractivity contribution in [2.45, 2.75) is 38.5 Å². The number of aromatic nitrogens is 1. The van der Waals surface area contributed by atoms with Gasteiger partial charge in [-0.3, -0.25) is 0 Å². The van der Waals surface area contributed by atoms with Gasteiger partial charge in [-0.25, -0.2) is 4.98 Å². The zero-order valence-electron chi connectivity index (χ0n) is 7.69. The van der Waals surface area contributed by atoms with Gasteiger partial charge in [0.2, 0.25) is 0 Å². The first-order valence-electron chi connectivity index (χ1n) is 4.52. The SMILES string of the molecule is Cc1ncc(COC2CC(N)C2)s1. The second-order valence-electron chi connectivity index (χ2n) is 3.51. The lowest BCUT2D eigenvalue weighted by Crippen LogP contribution is -2.41. The summed E-state index contributed by atoms with van der Waals surface area (Å²) in [4.78, 5) is 5.37. The standard InChI is InChI=1S/C9H14N2OS/c1-6-11-4-9(13-6)5-12-8-2-7(10)3-8/h4,7-8H,2-3,5,10H2,1H3. The van der Waals surface area contributed by atoms with Crippen LogP contribution < -0.4 is 5.73 Å². The van der Waals surface area contributed by atoms with Crippen LogP contribution in [0.4, 0.5) is 0 Å². The molecule has 0 amide bonds. The fourth-order valence-electron chi connectivity index (χ4n) is 1.41. The van der Waals surface area contributed by atoms with Gasteiger partial charge in [-0.05, 0) is 19.8 Å². The van der Waals surface area contributed by atoms with Gasteiger partial charge in [0, 0.05) is 12.2 Å². The van der Waals surface area contributed by atoms with E-state index in [1.165, 1.54) is 4.88 Å². The topological polar surface area (TPSA) is 48.1 Å². The Labute approximate surface area is 81.9 Å². The molecule has 2 rings (SSSR count). The van der Waals surface area contributed by atoms with E-state index in [0.29, 0.717) is 18.8 Å². The number of rotatable bonds is 3. The van der Waals surface area contributed by atoms with Crippen LogP contribution in [-0.4, -0.2) is 17.1 Å². The molecule has 2 N–H and O–H groups in total. The molecule has 0 aliphatic heterocycles. The van der Waals surface area contributed by atoms with Gasteiger partial charge in [-0.1, -0.05) is 0 Å². The van der Waals surface area contributed by atoms with Crippen LogP contribution in [0.5, 0.6) is 0 Å². The van der Waals surface area contributed by atoms with E-state index in [9.17, 15) is 0 Å². The third-order valence-electron chi connectivity index (χ3n) is 2.26. The van der Waals surface area contributed by atoms with Crippen LogP contribution >= 0.6 is 11.3 Å². The first-order chi connectivity index (χ1) is 6.24. The zero-order valence-corrected chi connectivity index (χ0v) is 8.51. The molecule has 72 valence electrons. The number of ether oxygens (including phenoxy) is 1. The van der Waals surface area contributed by atoms with Crippen LogP contribution in [0.25, 0.3) is 0 Å². The summed E-state index contributed by atoms with van der Waals surface area (Å²) in [6.45, 7) is 2.70. The van der Waals surface area contributed by atoms with Crippen molar-refractivity contribution in [1.82, 2.24) is 4.98 Å². The van der Waals surface area contributed by atoms with E-state index >= 15 is 0 Å². The van der Waals surface area contributed by atoms with Gasteiger partial charge < -0.3 is 10.5 Å². The minimum absolute atomic E-state index is 0.369. The van der Waals surface area contributed by atoms with Crippen molar-refractivity contribution >= 4 is 11.3 Å². The van der Waals surface area contributed by atoms with E-state index in [1.807, 2.05) is 13.1 Å². The number of thiazole rings is 1. The molecule has 0 unspecified atom stereocenters. The lowest BCUT2D eigenvalue weighted by atomic mass is 9.90. The Morgan fingerprint density at radius 3 is 3.00 bits per heavy atom. The second-order valence-corrected chi connectivity index (χ2v) is 4.83. The van der Waals surface area contributed by atoms with Crippen molar-refractivity contribution in [3.8, 4) is 0 Å². The fourth-order valence-corrected chi connectivity index (χ4v) is 2.13. The largest absolute Gasteiger partial charge is 0.373 e. The van der Waals surface area contributed by atoms with Crippen LogP contribution in [0.2, 0.25) is 0 Å². The number of hydrogen-bond acceptors (Lipinski definition) is 4. The monoisotopic (exact) mass is 198 g/mol. The molecule has 3 nitrogen and oxygen atoms in total. The number of nitrogens with two attached hydrogens (primary N) is 1. The van der Waals surface area contributed by atoms with Crippen molar-refractivity contribution in [3.05, 3.63) is 16.1 Å². The molecule has 1 aromatic rings. The van der Waals surface area contributed by atoms with Crippen LogP contribution in [0.3, 0.4) is 0 Å². The van der Waals surface area contributed by atoms with Crippen LogP contribution in [0.15, 0.2) is 6.20 Å². The van der Waals surface area contributed by atoms with Gasteiger partial charge in [0.1, 0.15) is 0 Å². The molecule has 0 spiro atoms. The summed E-state index contributed by atoms with van der Waals surface area (Å²) in [5.74, 6) is 0. The molecule has 1 aromatic heterocycles. The summed E-state index contributed by atoms with van der Waals surface area (Å²) in [6.07, 6.45) is 4.30. The van der Waals surface area contributed by atoms with Crippen molar-refractivity contribution < 1.29 is 4.74 Å². The third kappa shape index (κ3) is 2.27. The lowest BCUT2D eigenvalue weighted by Gasteiger charge is -2.31. The first-order valence-corrected chi connectivity index (χ1v) is 5.34. The van der Waals surface area contributed by atoms with E-state index < -0.39 is 0 Å². The molecule has 1 fully saturated rings. The highest BCUT2D eigenvalue weighted by Gasteiger charge is 2.26. The van der Waals surface area contributed by atoms with Gasteiger partial charge in [0.15, 0.2) is 0 Å². The van der Waals surface area contributed by atoms with Crippen molar-refractivity contribution in [2.75, 3.05) is 0 Å². The summed E-state index contributed by atoms with van der Waals surface area (Å²) in [5, 5.41) is 1.10. The Balaban J connectivity index is 1.74. The van der Waals surface area contributed by atoms with Crippen LogP contribution in [0, 0.1) is 6.92 Å². The molecule has 4 heteroatoms. The van der Waals surface area contributed by atoms with E-state index in [0.717, 1.165) is 17.8 Å². The van der Waals surface area contributed by atoms with Crippen molar-refractivity contribution in [3.63, 3.8) is 0 Å². The molecule has 0 radical (unpaired) electrons. The van der Waals surface area contributed by atoms with Gasteiger partial charge in [-0.15, -0.1) is 11.3 Å². The number of hydrogen-bond donors (Lipinski definition) is 1. The van der Waals surface area contributed by atoms with Crippen molar-refractivity contribution in [2.24, 2.45) is 5.73 Å². The summed E-state index contributed by atoms with van der Waals surface area (Å²) < 4.78 is 5.64. The fraction of sp³-hybridized carbons (Fsp3) is 0.667. The van der Waals surface area contributed by atoms with Crippen LogP contribution in [-0.2, 0) is 11.3 Å². The molecule has 13 heavy (non-hydrogen) atoms. The Kier molecular flexibility index (Phi) is 2.62. The summed E-state index contributed by atoms with van der Waals surface area (Å²) in [6, 6.07) is 0.369. The molecule has 1 aliphatic rings. The Morgan fingerprint density at radius 2 is 2.46 bits per heavy atom. The maximum Gasteiger partial charge on any atom is 0.0897 e. The Bertz CT molecular complexity index is 281. The Morgan fingerprint density at radius 1 is 1.69 bits per heavy atom.